The second kappa shape index (κ2) is 6.63. The van der Waals surface area contributed by atoms with Crippen molar-refractivity contribution in [1.29, 1.82) is 0 Å². The number of carbonyl (C=O) groups is 1. The maximum absolute atomic E-state index is 12.6. The Morgan fingerprint density at radius 1 is 1.44 bits per heavy atom. The maximum atomic E-state index is 12.6. The Labute approximate surface area is 103 Å². The molecule has 0 radical (unpaired) electrons. The van der Waals surface area contributed by atoms with Gasteiger partial charge in [-0.1, -0.05) is 35.0 Å². The predicted octanol–water partition coefficient (Wildman–Crippen LogP) is 2.52. The van der Waals surface area contributed by atoms with E-state index in [0.29, 0.717) is 18.9 Å². The molecule has 0 bridgehead atoms. The third kappa shape index (κ3) is 4.75. The van der Waals surface area contributed by atoms with Gasteiger partial charge in [0.2, 0.25) is 5.91 Å². The molecular formula is C12H15BrFNO. The number of alkyl halides is 1. The van der Waals surface area contributed by atoms with Crippen molar-refractivity contribution in [2.45, 2.75) is 13.3 Å². The van der Waals surface area contributed by atoms with Gasteiger partial charge in [-0.05, 0) is 23.6 Å². The number of halogens is 2. The monoisotopic (exact) mass is 287 g/mol. The summed E-state index contributed by atoms with van der Waals surface area (Å²) < 4.78 is 12.6. The van der Waals surface area contributed by atoms with Gasteiger partial charge in [-0.2, -0.15) is 0 Å². The van der Waals surface area contributed by atoms with Crippen molar-refractivity contribution in [3.63, 3.8) is 0 Å². The van der Waals surface area contributed by atoms with Crippen molar-refractivity contribution < 1.29 is 9.18 Å². The number of hydrogen-bond donors (Lipinski definition) is 1. The minimum absolute atomic E-state index is 0.0283. The molecule has 1 N–H and O–H groups in total. The molecular weight excluding hydrogens is 273 g/mol. The van der Waals surface area contributed by atoms with Crippen LogP contribution in [0.2, 0.25) is 0 Å². The van der Waals surface area contributed by atoms with E-state index in [1.54, 1.807) is 12.1 Å². The van der Waals surface area contributed by atoms with E-state index < -0.39 is 0 Å². The maximum Gasteiger partial charge on any atom is 0.224 e. The summed E-state index contributed by atoms with van der Waals surface area (Å²) in [6.07, 6.45) is 0.301. The standard InChI is InChI=1S/C12H15BrFNO/c1-9(7-13)8-15-12(16)6-10-2-4-11(14)5-3-10/h2-5,9H,6-8H2,1H3,(H,15,16). The van der Waals surface area contributed by atoms with E-state index in [1.165, 1.54) is 12.1 Å². The van der Waals surface area contributed by atoms with Crippen LogP contribution < -0.4 is 5.32 Å². The van der Waals surface area contributed by atoms with Crippen LogP contribution in [0.3, 0.4) is 0 Å². The molecule has 0 fully saturated rings. The number of rotatable bonds is 5. The van der Waals surface area contributed by atoms with Gasteiger partial charge in [0.25, 0.3) is 0 Å². The molecule has 1 atom stereocenters. The van der Waals surface area contributed by atoms with Gasteiger partial charge in [0.05, 0.1) is 6.42 Å². The van der Waals surface area contributed by atoms with E-state index in [9.17, 15) is 9.18 Å². The van der Waals surface area contributed by atoms with Crippen molar-refractivity contribution >= 4 is 21.8 Å². The van der Waals surface area contributed by atoms with E-state index in [-0.39, 0.29) is 11.7 Å². The largest absolute Gasteiger partial charge is 0.356 e. The van der Waals surface area contributed by atoms with Crippen LogP contribution in [-0.4, -0.2) is 17.8 Å². The molecule has 2 nitrogen and oxygen atoms in total. The van der Waals surface area contributed by atoms with Gasteiger partial charge < -0.3 is 5.32 Å². The zero-order chi connectivity index (χ0) is 12.0. The van der Waals surface area contributed by atoms with Gasteiger partial charge in [-0.25, -0.2) is 4.39 Å². The molecule has 1 aromatic rings. The Kier molecular flexibility index (Phi) is 5.46. The second-order valence-electron chi connectivity index (χ2n) is 3.87. The predicted molar refractivity (Wildman–Crippen MR) is 66.1 cm³/mol. The molecule has 1 amide bonds. The molecule has 1 rings (SSSR count). The first kappa shape index (κ1) is 13.2. The molecule has 16 heavy (non-hydrogen) atoms. The Morgan fingerprint density at radius 3 is 2.62 bits per heavy atom. The Hall–Kier alpha value is -0.900. The lowest BCUT2D eigenvalue weighted by molar-refractivity contribution is -0.120. The van der Waals surface area contributed by atoms with Gasteiger partial charge in [0, 0.05) is 11.9 Å². The molecule has 4 heteroatoms. The van der Waals surface area contributed by atoms with Crippen LogP contribution in [0, 0.1) is 11.7 Å². The molecule has 88 valence electrons. The number of hydrogen-bond acceptors (Lipinski definition) is 1. The van der Waals surface area contributed by atoms with E-state index in [4.69, 9.17) is 0 Å². The van der Waals surface area contributed by atoms with Gasteiger partial charge in [0.15, 0.2) is 0 Å². The summed E-state index contributed by atoms with van der Waals surface area (Å²) >= 11 is 3.35. The highest BCUT2D eigenvalue weighted by Gasteiger charge is 2.05. The molecule has 1 unspecified atom stereocenters. The van der Waals surface area contributed by atoms with Gasteiger partial charge in [-0.3, -0.25) is 4.79 Å². The fraction of sp³-hybridized carbons (Fsp3) is 0.417. The smallest absolute Gasteiger partial charge is 0.224 e. The third-order valence-electron chi connectivity index (χ3n) is 2.19. The van der Waals surface area contributed by atoms with Crippen LogP contribution in [0.25, 0.3) is 0 Å². The highest BCUT2D eigenvalue weighted by molar-refractivity contribution is 9.09. The molecule has 0 saturated heterocycles. The van der Waals surface area contributed by atoms with Crippen LogP contribution in [0.4, 0.5) is 4.39 Å². The van der Waals surface area contributed by atoms with Crippen molar-refractivity contribution in [1.82, 2.24) is 5.32 Å². The van der Waals surface area contributed by atoms with Crippen LogP contribution in [-0.2, 0) is 11.2 Å². The van der Waals surface area contributed by atoms with Crippen molar-refractivity contribution in [2.75, 3.05) is 11.9 Å². The summed E-state index contributed by atoms with van der Waals surface area (Å²) in [7, 11) is 0. The molecule has 0 heterocycles. The molecule has 0 aliphatic heterocycles. The Balaban J connectivity index is 2.37. The summed E-state index contributed by atoms with van der Waals surface area (Å²) in [5.74, 6) is 0.105. The van der Waals surface area contributed by atoms with E-state index in [0.717, 1.165) is 10.9 Å². The minimum Gasteiger partial charge on any atom is -0.356 e. The Morgan fingerprint density at radius 2 is 2.06 bits per heavy atom. The first-order chi connectivity index (χ1) is 7.61. The van der Waals surface area contributed by atoms with Crippen LogP contribution in [0.15, 0.2) is 24.3 Å². The zero-order valence-electron chi connectivity index (χ0n) is 9.17. The van der Waals surface area contributed by atoms with Crippen molar-refractivity contribution in [2.24, 2.45) is 5.92 Å². The normalized spacial score (nSPS) is 12.2. The molecule has 0 aliphatic carbocycles. The van der Waals surface area contributed by atoms with Crippen LogP contribution in [0.1, 0.15) is 12.5 Å². The molecule has 0 aliphatic rings. The van der Waals surface area contributed by atoms with Crippen molar-refractivity contribution in [3.8, 4) is 0 Å². The quantitative estimate of drug-likeness (QED) is 0.829. The highest BCUT2D eigenvalue weighted by Crippen LogP contribution is 2.03. The molecule has 0 aromatic heterocycles. The first-order valence-electron chi connectivity index (χ1n) is 5.19. The lowest BCUT2D eigenvalue weighted by atomic mass is 10.1. The third-order valence-corrected chi connectivity index (χ3v) is 3.29. The highest BCUT2D eigenvalue weighted by atomic mass is 79.9. The fourth-order valence-corrected chi connectivity index (χ4v) is 1.42. The van der Waals surface area contributed by atoms with Crippen LogP contribution >= 0.6 is 15.9 Å². The topological polar surface area (TPSA) is 29.1 Å². The number of carbonyl (C=O) groups excluding carboxylic acids is 1. The first-order valence-corrected chi connectivity index (χ1v) is 6.31. The minimum atomic E-state index is -0.280. The van der Waals surface area contributed by atoms with Gasteiger partial charge in [0.1, 0.15) is 5.82 Å². The summed E-state index contributed by atoms with van der Waals surface area (Å²) in [6, 6.07) is 5.99. The summed E-state index contributed by atoms with van der Waals surface area (Å²) in [5, 5.41) is 3.70. The zero-order valence-corrected chi connectivity index (χ0v) is 10.8. The summed E-state index contributed by atoms with van der Waals surface area (Å²) in [4.78, 5) is 11.5. The number of amides is 1. The number of nitrogens with one attached hydrogen (secondary N) is 1. The Bertz CT molecular complexity index is 339. The lowest BCUT2D eigenvalue weighted by Gasteiger charge is -2.09. The number of benzene rings is 1. The van der Waals surface area contributed by atoms with Gasteiger partial charge in [-0.15, -0.1) is 0 Å². The van der Waals surface area contributed by atoms with Crippen molar-refractivity contribution in [3.05, 3.63) is 35.6 Å². The fourth-order valence-electron chi connectivity index (χ4n) is 1.19. The average molecular weight is 288 g/mol. The van der Waals surface area contributed by atoms with E-state index in [1.807, 2.05) is 6.92 Å². The summed E-state index contributed by atoms with van der Waals surface area (Å²) in [6.45, 7) is 2.71. The van der Waals surface area contributed by atoms with E-state index >= 15 is 0 Å². The SMILES string of the molecule is CC(CBr)CNC(=O)Cc1ccc(F)cc1. The second-order valence-corrected chi connectivity index (χ2v) is 4.51. The molecule has 0 saturated carbocycles. The van der Waals surface area contributed by atoms with E-state index in [2.05, 4.69) is 21.2 Å². The lowest BCUT2D eigenvalue weighted by Crippen LogP contribution is -2.30. The van der Waals surface area contributed by atoms with Crippen LogP contribution in [0.5, 0.6) is 0 Å². The average Bonchev–Trinajstić information content (AvgIpc) is 2.29. The van der Waals surface area contributed by atoms with Gasteiger partial charge >= 0.3 is 0 Å². The molecule has 1 aromatic carbocycles. The molecule has 0 spiro atoms. The summed E-state index contributed by atoms with van der Waals surface area (Å²) in [5.41, 5.74) is 0.824.